The zero-order valence-electron chi connectivity index (χ0n) is 11.4. The Morgan fingerprint density at radius 2 is 2.15 bits per heavy atom. The second kappa shape index (κ2) is 5.40. The number of rotatable bonds is 3. The van der Waals surface area contributed by atoms with Crippen molar-refractivity contribution in [3.8, 4) is 0 Å². The molecule has 20 heavy (non-hydrogen) atoms. The normalized spacial score (nSPS) is 18.4. The lowest BCUT2D eigenvalue weighted by atomic mass is 10.2. The summed E-state index contributed by atoms with van der Waals surface area (Å²) in [5, 5.41) is 4.13. The molecule has 0 saturated carbocycles. The summed E-state index contributed by atoms with van der Waals surface area (Å²) in [6.45, 7) is 3.51. The van der Waals surface area contributed by atoms with Crippen molar-refractivity contribution in [3.63, 3.8) is 0 Å². The average Bonchev–Trinajstić information content (AvgIpc) is 2.90. The van der Waals surface area contributed by atoms with Crippen LogP contribution >= 0.6 is 0 Å². The third-order valence-corrected chi connectivity index (χ3v) is 3.67. The van der Waals surface area contributed by atoms with Crippen molar-refractivity contribution in [2.24, 2.45) is 0 Å². The number of hydrogen-bond acceptors (Lipinski definition) is 5. The lowest BCUT2D eigenvalue weighted by Gasteiger charge is -2.26. The lowest BCUT2D eigenvalue weighted by molar-refractivity contribution is 0.486. The van der Waals surface area contributed by atoms with E-state index >= 15 is 0 Å². The number of aryl methyl sites for hydroxylation is 1. The van der Waals surface area contributed by atoms with Gasteiger partial charge in [0.05, 0.1) is 18.3 Å². The second-order valence-corrected chi connectivity index (χ2v) is 5.00. The summed E-state index contributed by atoms with van der Waals surface area (Å²) in [4.78, 5) is 22.7. The van der Waals surface area contributed by atoms with Crippen LogP contribution in [0.5, 0.6) is 0 Å². The van der Waals surface area contributed by atoms with Gasteiger partial charge in [-0.05, 0) is 25.8 Å². The molecule has 104 valence electrons. The van der Waals surface area contributed by atoms with Crippen LogP contribution in [0.15, 0.2) is 35.5 Å². The van der Waals surface area contributed by atoms with Crippen molar-refractivity contribution >= 4 is 5.82 Å². The lowest BCUT2D eigenvalue weighted by Crippen LogP contribution is -2.37. The summed E-state index contributed by atoms with van der Waals surface area (Å²) >= 11 is 0. The van der Waals surface area contributed by atoms with Crippen LogP contribution < -0.4 is 10.5 Å². The Labute approximate surface area is 117 Å². The van der Waals surface area contributed by atoms with Crippen LogP contribution in [0.25, 0.3) is 0 Å². The third-order valence-electron chi connectivity index (χ3n) is 3.67. The first-order chi connectivity index (χ1) is 9.75. The first kappa shape index (κ1) is 12.8. The van der Waals surface area contributed by atoms with Crippen LogP contribution in [0.2, 0.25) is 0 Å². The average molecular weight is 271 g/mol. The van der Waals surface area contributed by atoms with Crippen LogP contribution in [0.4, 0.5) is 5.82 Å². The summed E-state index contributed by atoms with van der Waals surface area (Å²) in [6, 6.07) is 3.45. The quantitative estimate of drug-likeness (QED) is 0.833. The molecule has 0 aliphatic carbocycles. The van der Waals surface area contributed by atoms with Gasteiger partial charge in [-0.2, -0.15) is 5.10 Å². The highest BCUT2D eigenvalue weighted by molar-refractivity contribution is 5.44. The highest BCUT2D eigenvalue weighted by Gasteiger charge is 2.27. The highest BCUT2D eigenvalue weighted by atomic mass is 16.1. The Morgan fingerprint density at radius 1 is 1.30 bits per heavy atom. The van der Waals surface area contributed by atoms with Gasteiger partial charge in [0, 0.05) is 31.2 Å². The first-order valence-electron chi connectivity index (χ1n) is 6.82. The zero-order valence-corrected chi connectivity index (χ0v) is 11.4. The van der Waals surface area contributed by atoms with Gasteiger partial charge in [-0.1, -0.05) is 0 Å². The number of aromatic nitrogens is 4. The third kappa shape index (κ3) is 2.41. The summed E-state index contributed by atoms with van der Waals surface area (Å²) in [5.74, 6) is 0.916. The van der Waals surface area contributed by atoms with Crippen LogP contribution in [-0.4, -0.2) is 32.3 Å². The van der Waals surface area contributed by atoms with Crippen molar-refractivity contribution in [2.45, 2.75) is 32.4 Å². The van der Waals surface area contributed by atoms with Gasteiger partial charge in [0.15, 0.2) is 0 Å². The maximum atomic E-state index is 11.8. The fourth-order valence-corrected chi connectivity index (χ4v) is 2.71. The van der Waals surface area contributed by atoms with Gasteiger partial charge in [0.25, 0.3) is 5.56 Å². The van der Waals surface area contributed by atoms with E-state index < -0.39 is 0 Å². The molecule has 2 aromatic rings. The molecule has 6 heteroatoms. The molecule has 0 radical (unpaired) electrons. The van der Waals surface area contributed by atoms with Gasteiger partial charge in [0.1, 0.15) is 5.82 Å². The van der Waals surface area contributed by atoms with E-state index in [4.69, 9.17) is 0 Å². The van der Waals surface area contributed by atoms with Crippen molar-refractivity contribution in [3.05, 3.63) is 46.8 Å². The van der Waals surface area contributed by atoms with Crippen LogP contribution in [0, 0.1) is 6.92 Å². The minimum absolute atomic E-state index is 0.0600. The molecule has 2 aromatic heterocycles. The van der Waals surface area contributed by atoms with Crippen LogP contribution in [0.3, 0.4) is 0 Å². The number of nitrogens with zero attached hydrogens (tertiary/aromatic N) is 5. The number of hydrogen-bond donors (Lipinski definition) is 0. The minimum atomic E-state index is -0.0600. The molecule has 0 aromatic carbocycles. The molecule has 1 aliphatic rings. The van der Waals surface area contributed by atoms with Gasteiger partial charge in [-0.3, -0.25) is 9.78 Å². The fraction of sp³-hybridized carbons (Fsp3) is 0.429. The standard InChI is InChI=1S/C14H17N5O/c1-11-14(16-8-7-15-11)18-9-3-4-12(18)10-19-13(20)5-2-6-17-19/h2,5-8,12H,3-4,9-10H2,1H3. The number of anilines is 1. The van der Waals surface area contributed by atoms with E-state index in [1.165, 1.54) is 4.68 Å². The van der Waals surface area contributed by atoms with Gasteiger partial charge < -0.3 is 4.90 Å². The molecule has 1 fully saturated rings. The summed E-state index contributed by atoms with van der Waals surface area (Å²) in [5.41, 5.74) is 0.864. The maximum absolute atomic E-state index is 11.8. The summed E-state index contributed by atoms with van der Waals surface area (Å²) in [6.07, 6.45) is 7.20. The van der Waals surface area contributed by atoms with Gasteiger partial charge in [0.2, 0.25) is 0 Å². The SMILES string of the molecule is Cc1nccnc1N1CCCC1Cn1ncccc1=O. The molecule has 0 amide bonds. The van der Waals surface area contributed by atoms with Crippen LogP contribution in [-0.2, 0) is 6.54 Å². The summed E-state index contributed by atoms with van der Waals surface area (Å²) < 4.78 is 1.52. The Kier molecular flexibility index (Phi) is 3.45. The minimum Gasteiger partial charge on any atom is -0.350 e. The Bertz CT molecular complexity index is 654. The Morgan fingerprint density at radius 3 is 2.95 bits per heavy atom. The van der Waals surface area contributed by atoms with Crippen molar-refractivity contribution < 1.29 is 0 Å². The predicted molar refractivity (Wildman–Crippen MR) is 75.6 cm³/mol. The predicted octanol–water partition coefficient (Wildman–Crippen LogP) is 1.01. The highest BCUT2D eigenvalue weighted by Crippen LogP contribution is 2.25. The Balaban J connectivity index is 1.85. The van der Waals surface area contributed by atoms with E-state index in [0.29, 0.717) is 6.54 Å². The summed E-state index contributed by atoms with van der Waals surface area (Å²) in [7, 11) is 0. The van der Waals surface area contributed by atoms with E-state index in [0.717, 1.165) is 30.9 Å². The van der Waals surface area contributed by atoms with Crippen LogP contribution in [0.1, 0.15) is 18.5 Å². The van der Waals surface area contributed by atoms with Gasteiger partial charge in [-0.15, -0.1) is 0 Å². The second-order valence-electron chi connectivity index (χ2n) is 5.00. The monoisotopic (exact) mass is 271 g/mol. The van der Waals surface area contributed by atoms with Crippen molar-refractivity contribution in [2.75, 3.05) is 11.4 Å². The van der Waals surface area contributed by atoms with E-state index in [2.05, 4.69) is 20.0 Å². The molecular formula is C14H17N5O. The molecule has 1 atom stereocenters. The molecule has 0 spiro atoms. The first-order valence-corrected chi connectivity index (χ1v) is 6.82. The molecule has 0 N–H and O–H groups in total. The van der Waals surface area contributed by atoms with E-state index in [9.17, 15) is 4.79 Å². The maximum Gasteiger partial charge on any atom is 0.266 e. The van der Waals surface area contributed by atoms with Crippen molar-refractivity contribution in [1.82, 2.24) is 19.7 Å². The smallest absolute Gasteiger partial charge is 0.266 e. The van der Waals surface area contributed by atoms with Crippen molar-refractivity contribution in [1.29, 1.82) is 0 Å². The van der Waals surface area contributed by atoms with E-state index in [1.807, 2.05) is 6.92 Å². The Hall–Kier alpha value is -2.24. The molecule has 1 aliphatic heterocycles. The van der Waals surface area contributed by atoms with E-state index in [-0.39, 0.29) is 11.6 Å². The molecular weight excluding hydrogens is 254 g/mol. The molecule has 0 bridgehead atoms. The molecule has 6 nitrogen and oxygen atoms in total. The largest absolute Gasteiger partial charge is 0.350 e. The van der Waals surface area contributed by atoms with Gasteiger partial charge in [-0.25, -0.2) is 9.67 Å². The topological polar surface area (TPSA) is 63.9 Å². The zero-order chi connectivity index (χ0) is 13.9. The molecule has 3 rings (SSSR count). The molecule has 3 heterocycles. The fourth-order valence-electron chi connectivity index (χ4n) is 2.71. The van der Waals surface area contributed by atoms with E-state index in [1.54, 1.807) is 30.7 Å². The molecule has 1 saturated heterocycles. The molecule has 1 unspecified atom stereocenters. The van der Waals surface area contributed by atoms with Gasteiger partial charge >= 0.3 is 0 Å².